The Morgan fingerprint density at radius 1 is 0.390 bits per heavy atom. The minimum Gasteiger partial charge on any atom is -0.292 e. The van der Waals surface area contributed by atoms with Crippen molar-refractivity contribution in [2.45, 2.75) is 0 Å². The first-order valence-electron chi connectivity index (χ1n) is 14.0. The second-order valence-corrected chi connectivity index (χ2v) is 10.4. The zero-order chi connectivity index (χ0) is 27.2. The zero-order valence-electron chi connectivity index (χ0n) is 22.4. The predicted octanol–water partition coefficient (Wildman–Crippen LogP) is 10.3. The molecule has 192 valence electrons. The van der Waals surface area contributed by atoms with E-state index in [4.69, 9.17) is 4.98 Å². The third-order valence-electron chi connectivity index (χ3n) is 8.04. The largest absolute Gasteiger partial charge is 0.292 e. The Kier molecular flexibility index (Phi) is 5.49. The summed E-state index contributed by atoms with van der Waals surface area (Å²) in [6, 6.07) is 56.1. The molecule has 0 aliphatic rings. The van der Waals surface area contributed by atoms with Gasteiger partial charge in [-0.1, -0.05) is 133 Å². The summed E-state index contributed by atoms with van der Waals surface area (Å²) < 4.78 is 2.29. The molecule has 0 saturated carbocycles. The highest BCUT2D eigenvalue weighted by atomic mass is 15.1. The van der Waals surface area contributed by atoms with Gasteiger partial charge < -0.3 is 0 Å². The minimum atomic E-state index is 0.952. The predicted molar refractivity (Wildman–Crippen MR) is 172 cm³/mol. The third kappa shape index (κ3) is 3.92. The first-order valence-corrected chi connectivity index (χ1v) is 14.0. The molecule has 0 N–H and O–H groups in total. The first kappa shape index (κ1) is 23.4. The molecule has 0 radical (unpaired) electrons. The van der Waals surface area contributed by atoms with E-state index < -0.39 is 0 Å². The Bertz CT molecular complexity index is 2180. The number of fused-ring (bicyclic) bond motifs is 3. The lowest BCUT2D eigenvalue weighted by atomic mass is 9.92. The molecule has 0 amide bonds. The van der Waals surface area contributed by atoms with Gasteiger partial charge in [0, 0.05) is 11.3 Å². The molecule has 0 atom stereocenters. The smallest absolute Gasteiger partial charge is 0.146 e. The molecule has 7 aromatic carbocycles. The number of para-hydroxylation sites is 2. The van der Waals surface area contributed by atoms with Crippen molar-refractivity contribution >= 4 is 32.6 Å². The molecule has 8 aromatic rings. The van der Waals surface area contributed by atoms with E-state index in [-0.39, 0.29) is 0 Å². The zero-order valence-corrected chi connectivity index (χ0v) is 22.4. The van der Waals surface area contributed by atoms with E-state index in [1.807, 2.05) is 0 Å². The fraction of sp³-hybridized carbons (Fsp3) is 0. The van der Waals surface area contributed by atoms with Gasteiger partial charge in [0.05, 0.1) is 11.0 Å². The normalized spacial score (nSPS) is 11.4. The number of aromatic nitrogens is 2. The van der Waals surface area contributed by atoms with E-state index in [1.165, 1.54) is 43.8 Å². The van der Waals surface area contributed by atoms with Crippen LogP contribution in [-0.2, 0) is 0 Å². The molecule has 2 heteroatoms. The van der Waals surface area contributed by atoms with E-state index in [2.05, 4.69) is 162 Å². The van der Waals surface area contributed by atoms with Crippen LogP contribution in [0.25, 0.3) is 71.9 Å². The Labute approximate surface area is 238 Å². The van der Waals surface area contributed by atoms with Gasteiger partial charge in [0.1, 0.15) is 5.82 Å². The molecule has 0 unspecified atom stereocenters. The van der Waals surface area contributed by atoms with Crippen LogP contribution in [0, 0.1) is 0 Å². The van der Waals surface area contributed by atoms with Gasteiger partial charge in [0.15, 0.2) is 0 Å². The summed E-state index contributed by atoms with van der Waals surface area (Å²) in [6.45, 7) is 0. The van der Waals surface area contributed by atoms with Gasteiger partial charge in [-0.05, 0) is 68.1 Å². The summed E-state index contributed by atoms with van der Waals surface area (Å²) in [5.74, 6) is 0.952. The number of rotatable bonds is 4. The minimum absolute atomic E-state index is 0.952. The van der Waals surface area contributed by atoms with Crippen LogP contribution in [0.3, 0.4) is 0 Å². The lowest BCUT2D eigenvalue weighted by Gasteiger charge is -2.14. The summed E-state index contributed by atoms with van der Waals surface area (Å²) in [4.78, 5) is 5.13. The molecule has 0 spiro atoms. The van der Waals surface area contributed by atoms with Crippen LogP contribution in [-0.4, -0.2) is 9.55 Å². The van der Waals surface area contributed by atoms with E-state index in [1.54, 1.807) is 0 Å². The van der Waals surface area contributed by atoms with Crippen molar-refractivity contribution in [3.8, 4) is 39.3 Å². The lowest BCUT2D eigenvalue weighted by Crippen LogP contribution is -1.98. The summed E-state index contributed by atoms with van der Waals surface area (Å²) in [5, 5.41) is 4.93. The van der Waals surface area contributed by atoms with E-state index >= 15 is 0 Å². The summed E-state index contributed by atoms with van der Waals surface area (Å²) in [7, 11) is 0. The molecule has 0 aliphatic carbocycles. The fourth-order valence-electron chi connectivity index (χ4n) is 6.10. The molecular formula is C39H26N2. The SMILES string of the molecule is c1ccc(-c2ccc(-c3ccc(-n4c(-c5cccc6ccccc56)nc5ccccc54)cc3)c3ccccc23)cc1. The quantitative estimate of drug-likeness (QED) is 0.225. The maximum atomic E-state index is 5.13. The molecule has 2 nitrogen and oxygen atoms in total. The van der Waals surface area contributed by atoms with Crippen molar-refractivity contribution in [2.24, 2.45) is 0 Å². The topological polar surface area (TPSA) is 17.8 Å². The molecule has 0 saturated heterocycles. The highest BCUT2D eigenvalue weighted by Gasteiger charge is 2.17. The van der Waals surface area contributed by atoms with Gasteiger partial charge in [-0.3, -0.25) is 4.57 Å². The van der Waals surface area contributed by atoms with Crippen molar-refractivity contribution in [1.82, 2.24) is 9.55 Å². The van der Waals surface area contributed by atoms with Gasteiger partial charge in [-0.15, -0.1) is 0 Å². The Morgan fingerprint density at radius 2 is 0.976 bits per heavy atom. The van der Waals surface area contributed by atoms with Crippen molar-refractivity contribution in [3.63, 3.8) is 0 Å². The third-order valence-corrected chi connectivity index (χ3v) is 8.04. The standard InChI is InChI=1S/C39H26N2/c1-2-11-27(12-3-1)32-25-26-33(35-17-7-6-16-34(32)35)29-21-23-30(24-22-29)41-38-20-9-8-19-37(38)40-39(41)36-18-10-14-28-13-4-5-15-31(28)36/h1-26H. The summed E-state index contributed by atoms with van der Waals surface area (Å²) in [5.41, 5.74) is 9.23. The summed E-state index contributed by atoms with van der Waals surface area (Å²) in [6.07, 6.45) is 0. The van der Waals surface area contributed by atoms with Crippen LogP contribution in [0.2, 0.25) is 0 Å². The van der Waals surface area contributed by atoms with E-state index in [0.717, 1.165) is 28.1 Å². The number of nitrogens with zero attached hydrogens (tertiary/aromatic N) is 2. The maximum Gasteiger partial charge on any atom is 0.146 e. The van der Waals surface area contributed by atoms with Crippen molar-refractivity contribution < 1.29 is 0 Å². The fourth-order valence-corrected chi connectivity index (χ4v) is 6.10. The van der Waals surface area contributed by atoms with Crippen molar-refractivity contribution in [1.29, 1.82) is 0 Å². The molecule has 0 aliphatic heterocycles. The van der Waals surface area contributed by atoms with Gasteiger partial charge in [0.2, 0.25) is 0 Å². The first-order chi connectivity index (χ1) is 20.3. The van der Waals surface area contributed by atoms with Gasteiger partial charge >= 0.3 is 0 Å². The molecule has 1 aromatic heterocycles. The molecule has 41 heavy (non-hydrogen) atoms. The van der Waals surface area contributed by atoms with Crippen molar-refractivity contribution in [2.75, 3.05) is 0 Å². The molecule has 1 heterocycles. The van der Waals surface area contributed by atoms with E-state index in [9.17, 15) is 0 Å². The maximum absolute atomic E-state index is 5.13. The Morgan fingerprint density at radius 3 is 1.73 bits per heavy atom. The van der Waals surface area contributed by atoms with Crippen LogP contribution in [0.5, 0.6) is 0 Å². The van der Waals surface area contributed by atoms with Gasteiger partial charge in [-0.25, -0.2) is 4.98 Å². The van der Waals surface area contributed by atoms with Crippen LogP contribution >= 0.6 is 0 Å². The second kappa shape index (κ2) is 9.62. The molecule has 0 fully saturated rings. The monoisotopic (exact) mass is 522 g/mol. The summed E-state index contributed by atoms with van der Waals surface area (Å²) >= 11 is 0. The second-order valence-electron chi connectivity index (χ2n) is 10.4. The highest BCUT2D eigenvalue weighted by molar-refractivity contribution is 6.05. The molecule has 8 rings (SSSR count). The van der Waals surface area contributed by atoms with Gasteiger partial charge in [0.25, 0.3) is 0 Å². The number of hydrogen-bond acceptors (Lipinski definition) is 1. The average Bonchev–Trinajstić information content (AvgIpc) is 3.44. The van der Waals surface area contributed by atoms with Crippen LogP contribution < -0.4 is 0 Å². The van der Waals surface area contributed by atoms with Gasteiger partial charge in [-0.2, -0.15) is 0 Å². The molecular weight excluding hydrogens is 496 g/mol. The van der Waals surface area contributed by atoms with Crippen LogP contribution in [0.15, 0.2) is 158 Å². The molecule has 0 bridgehead atoms. The highest BCUT2D eigenvalue weighted by Crippen LogP contribution is 2.37. The average molecular weight is 523 g/mol. The van der Waals surface area contributed by atoms with Crippen molar-refractivity contribution in [3.05, 3.63) is 158 Å². The van der Waals surface area contributed by atoms with Crippen LogP contribution in [0.1, 0.15) is 0 Å². The van der Waals surface area contributed by atoms with E-state index in [0.29, 0.717) is 0 Å². The number of benzene rings is 7. The Balaban J connectivity index is 1.28. The Hall–Kier alpha value is -5.47. The lowest BCUT2D eigenvalue weighted by molar-refractivity contribution is 1.11. The number of imidazole rings is 1. The van der Waals surface area contributed by atoms with Crippen LogP contribution in [0.4, 0.5) is 0 Å². The number of hydrogen-bond donors (Lipinski definition) is 0.